The molecule has 2 N–H and O–H groups in total. The molecule has 0 radical (unpaired) electrons. The zero-order chi connectivity index (χ0) is 15.5. The Balaban J connectivity index is 1.59. The molecule has 2 aromatic rings. The molecule has 0 saturated carbocycles. The zero-order valence-corrected chi connectivity index (χ0v) is 12.9. The fourth-order valence-corrected chi connectivity index (χ4v) is 2.86. The average molecular weight is 303 g/mol. The summed E-state index contributed by atoms with van der Waals surface area (Å²) in [7, 11) is 0. The number of carbonyl (C=O) groups excluding carboxylic acids is 1. The number of amides is 2. The van der Waals surface area contributed by atoms with E-state index in [1.807, 2.05) is 24.9 Å². The number of rotatable bonds is 3. The number of aromatic nitrogens is 3. The molecule has 118 valence electrons. The Kier molecular flexibility index (Phi) is 4.13. The molecule has 1 aliphatic rings. The van der Waals surface area contributed by atoms with Crippen LogP contribution >= 0.6 is 0 Å². The van der Waals surface area contributed by atoms with Crippen molar-refractivity contribution in [2.24, 2.45) is 0 Å². The van der Waals surface area contributed by atoms with Crippen molar-refractivity contribution in [2.45, 2.75) is 39.0 Å². The number of urea groups is 1. The summed E-state index contributed by atoms with van der Waals surface area (Å²) < 4.78 is 5.20. The Bertz CT molecular complexity index is 626. The molecule has 1 fully saturated rings. The van der Waals surface area contributed by atoms with Gasteiger partial charge in [-0.15, -0.1) is 0 Å². The van der Waals surface area contributed by atoms with Crippen LogP contribution in [0.15, 0.2) is 16.9 Å². The minimum absolute atomic E-state index is 0.0844. The van der Waals surface area contributed by atoms with Crippen molar-refractivity contribution in [3.8, 4) is 0 Å². The zero-order valence-electron chi connectivity index (χ0n) is 12.9. The number of likely N-dealkylation sites (tertiary alicyclic amines) is 1. The Morgan fingerprint density at radius 3 is 2.91 bits per heavy atom. The lowest BCUT2D eigenvalue weighted by atomic mass is 9.96. The maximum absolute atomic E-state index is 12.4. The quantitative estimate of drug-likeness (QED) is 0.912. The van der Waals surface area contributed by atoms with Crippen molar-refractivity contribution in [3.63, 3.8) is 0 Å². The van der Waals surface area contributed by atoms with Gasteiger partial charge in [-0.05, 0) is 19.8 Å². The van der Waals surface area contributed by atoms with Gasteiger partial charge in [-0.25, -0.2) is 9.78 Å². The van der Waals surface area contributed by atoms with E-state index in [0.717, 1.165) is 43.2 Å². The van der Waals surface area contributed by atoms with E-state index in [2.05, 4.69) is 20.4 Å². The van der Waals surface area contributed by atoms with Gasteiger partial charge < -0.3 is 19.7 Å². The second-order valence-electron chi connectivity index (χ2n) is 5.59. The number of H-pyrrole nitrogens is 1. The van der Waals surface area contributed by atoms with Crippen LogP contribution in [0.3, 0.4) is 0 Å². The van der Waals surface area contributed by atoms with Gasteiger partial charge in [-0.3, -0.25) is 0 Å². The maximum atomic E-state index is 12.4. The van der Waals surface area contributed by atoms with Gasteiger partial charge in [0.25, 0.3) is 0 Å². The molecule has 0 unspecified atom stereocenters. The van der Waals surface area contributed by atoms with Crippen molar-refractivity contribution in [1.29, 1.82) is 0 Å². The third-order valence-corrected chi connectivity index (χ3v) is 4.17. The molecule has 7 nitrogen and oxygen atoms in total. The third kappa shape index (κ3) is 2.84. The van der Waals surface area contributed by atoms with Crippen LogP contribution in [-0.4, -0.2) is 39.1 Å². The number of carbonyl (C=O) groups is 1. The van der Waals surface area contributed by atoms with E-state index in [4.69, 9.17) is 4.52 Å². The first-order chi connectivity index (χ1) is 10.7. The van der Waals surface area contributed by atoms with E-state index in [9.17, 15) is 4.79 Å². The van der Waals surface area contributed by atoms with Gasteiger partial charge in [0.15, 0.2) is 5.76 Å². The molecule has 3 heterocycles. The van der Waals surface area contributed by atoms with Crippen LogP contribution in [0.5, 0.6) is 0 Å². The topological polar surface area (TPSA) is 87.1 Å². The summed E-state index contributed by atoms with van der Waals surface area (Å²) in [5.74, 6) is 2.14. The Hall–Kier alpha value is -2.31. The summed E-state index contributed by atoms with van der Waals surface area (Å²) in [5.41, 5.74) is 1.43. The lowest BCUT2D eigenvalue weighted by molar-refractivity contribution is 0.193. The standard InChI is InChI=1S/C15H21N5O2/c1-3-12-13(10(2)19-22-12)18-15(21)20-8-4-11(5-9-20)14-16-6-7-17-14/h6-7,11H,3-5,8-9H2,1-2H3,(H,16,17)(H,18,21). The van der Waals surface area contributed by atoms with E-state index in [1.165, 1.54) is 0 Å². The largest absolute Gasteiger partial charge is 0.359 e. The second kappa shape index (κ2) is 6.21. The first-order valence-electron chi connectivity index (χ1n) is 7.69. The number of aryl methyl sites for hydroxylation is 2. The number of hydrogen-bond donors (Lipinski definition) is 2. The van der Waals surface area contributed by atoms with Crippen LogP contribution in [0.25, 0.3) is 0 Å². The summed E-state index contributed by atoms with van der Waals surface area (Å²) in [6, 6.07) is -0.0844. The SMILES string of the molecule is CCc1onc(C)c1NC(=O)N1CCC(c2ncc[nH]2)CC1. The Labute approximate surface area is 129 Å². The fraction of sp³-hybridized carbons (Fsp3) is 0.533. The number of aromatic amines is 1. The summed E-state index contributed by atoms with van der Waals surface area (Å²) in [4.78, 5) is 21.7. The van der Waals surface area contributed by atoms with E-state index in [1.54, 1.807) is 6.20 Å². The highest BCUT2D eigenvalue weighted by Crippen LogP contribution is 2.26. The smallest absolute Gasteiger partial charge is 0.321 e. The van der Waals surface area contributed by atoms with Crippen molar-refractivity contribution in [1.82, 2.24) is 20.0 Å². The monoisotopic (exact) mass is 303 g/mol. The normalized spacial score (nSPS) is 16.0. The predicted molar refractivity (Wildman–Crippen MR) is 81.8 cm³/mol. The second-order valence-corrected chi connectivity index (χ2v) is 5.59. The van der Waals surface area contributed by atoms with E-state index in [0.29, 0.717) is 18.0 Å². The van der Waals surface area contributed by atoms with Crippen LogP contribution in [-0.2, 0) is 6.42 Å². The minimum atomic E-state index is -0.0844. The lowest BCUT2D eigenvalue weighted by Gasteiger charge is -2.31. The molecular weight excluding hydrogens is 282 g/mol. The molecule has 0 spiro atoms. The highest BCUT2D eigenvalue weighted by molar-refractivity contribution is 5.90. The van der Waals surface area contributed by atoms with Crippen LogP contribution in [0, 0.1) is 6.92 Å². The molecule has 7 heteroatoms. The van der Waals surface area contributed by atoms with Gasteiger partial charge in [0.2, 0.25) is 0 Å². The van der Waals surface area contributed by atoms with Crippen LogP contribution in [0.1, 0.15) is 43.0 Å². The van der Waals surface area contributed by atoms with Crippen molar-refractivity contribution >= 4 is 11.7 Å². The highest BCUT2D eigenvalue weighted by Gasteiger charge is 2.26. The predicted octanol–water partition coefficient (Wildman–Crippen LogP) is 2.68. The molecular formula is C15H21N5O2. The fourth-order valence-electron chi connectivity index (χ4n) is 2.86. The van der Waals surface area contributed by atoms with Crippen molar-refractivity contribution in [3.05, 3.63) is 29.7 Å². The molecule has 2 amide bonds. The van der Waals surface area contributed by atoms with Crippen LogP contribution in [0.2, 0.25) is 0 Å². The van der Waals surface area contributed by atoms with E-state index < -0.39 is 0 Å². The maximum Gasteiger partial charge on any atom is 0.321 e. The Morgan fingerprint density at radius 2 is 2.27 bits per heavy atom. The molecule has 1 aliphatic heterocycles. The summed E-state index contributed by atoms with van der Waals surface area (Å²) in [6.45, 7) is 5.26. The summed E-state index contributed by atoms with van der Waals surface area (Å²) >= 11 is 0. The molecule has 1 saturated heterocycles. The van der Waals surface area contributed by atoms with Gasteiger partial charge in [0.1, 0.15) is 17.2 Å². The van der Waals surface area contributed by atoms with Gasteiger partial charge in [0.05, 0.1) is 0 Å². The van der Waals surface area contributed by atoms with E-state index in [-0.39, 0.29) is 6.03 Å². The van der Waals surface area contributed by atoms with Gasteiger partial charge in [-0.1, -0.05) is 12.1 Å². The molecule has 2 aromatic heterocycles. The molecule has 0 bridgehead atoms. The summed E-state index contributed by atoms with van der Waals surface area (Å²) in [6.07, 6.45) is 6.16. The minimum Gasteiger partial charge on any atom is -0.359 e. The number of imidazole rings is 1. The number of anilines is 1. The first-order valence-corrected chi connectivity index (χ1v) is 7.69. The van der Waals surface area contributed by atoms with Gasteiger partial charge in [0, 0.05) is 37.8 Å². The Morgan fingerprint density at radius 1 is 1.50 bits per heavy atom. The number of piperidine rings is 1. The van der Waals surface area contributed by atoms with Gasteiger partial charge in [-0.2, -0.15) is 0 Å². The van der Waals surface area contributed by atoms with Crippen molar-refractivity contribution < 1.29 is 9.32 Å². The lowest BCUT2D eigenvalue weighted by Crippen LogP contribution is -2.40. The number of hydrogen-bond acceptors (Lipinski definition) is 4. The molecule has 0 aromatic carbocycles. The van der Waals surface area contributed by atoms with E-state index >= 15 is 0 Å². The van der Waals surface area contributed by atoms with Gasteiger partial charge >= 0.3 is 6.03 Å². The molecule has 0 aliphatic carbocycles. The molecule has 3 rings (SSSR count). The third-order valence-electron chi connectivity index (χ3n) is 4.17. The van der Waals surface area contributed by atoms with Crippen LogP contribution in [0.4, 0.5) is 10.5 Å². The molecule has 0 atom stereocenters. The van der Waals surface area contributed by atoms with Crippen molar-refractivity contribution in [2.75, 3.05) is 18.4 Å². The number of nitrogens with zero attached hydrogens (tertiary/aromatic N) is 3. The average Bonchev–Trinajstić information content (AvgIpc) is 3.18. The first kappa shape index (κ1) is 14.6. The number of nitrogens with one attached hydrogen (secondary N) is 2. The van der Waals surface area contributed by atoms with Crippen LogP contribution < -0.4 is 5.32 Å². The molecule has 22 heavy (non-hydrogen) atoms. The summed E-state index contributed by atoms with van der Waals surface area (Å²) in [5, 5.41) is 6.85. The highest BCUT2D eigenvalue weighted by atomic mass is 16.5.